The minimum atomic E-state index is -1.00. The fraction of sp³-hybridized carbons (Fsp3) is 0.575. The van der Waals surface area contributed by atoms with E-state index in [-0.39, 0.29) is 24.2 Å². The molecule has 0 radical (unpaired) electrons. The van der Waals surface area contributed by atoms with Crippen LogP contribution in [0.3, 0.4) is 0 Å². The van der Waals surface area contributed by atoms with Crippen molar-refractivity contribution in [3.05, 3.63) is 64.1 Å². The minimum Gasteiger partial charge on any atom is -0.481 e. The molecule has 270 valence electrons. The van der Waals surface area contributed by atoms with Crippen LogP contribution in [0.4, 0.5) is 5.69 Å². The number of carboxylic acid groups (broad SMARTS) is 1. The highest BCUT2D eigenvalue weighted by atomic mass is 32.1. The first-order chi connectivity index (χ1) is 23.9. The van der Waals surface area contributed by atoms with Crippen LogP contribution in [0.5, 0.6) is 0 Å². The molecule has 5 rings (SSSR count). The van der Waals surface area contributed by atoms with E-state index in [0.717, 1.165) is 52.5 Å². The molecule has 2 aromatic heterocycles. The van der Waals surface area contributed by atoms with Crippen molar-refractivity contribution in [2.75, 3.05) is 18.0 Å². The highest BCUT2D eigenvalue weighted by Gasteiger charge is 2.30. The Morgan fingerprint density at radius 2 is 1.56 bits per heavy atom. The van der Waals surface area contributed by atoms with Crippen LogP contribution >= 0.6 is 11.3 Å². The molecule has 2 fully saturated rings. The number of nitrogens with one attached hydrogen (secondary N) is 2. The zero-order chi connectivity index (χ0) is 35.8. The molecular weight excluding hydrogens is 647 g/mol. The Bertz CT molecular complexity index is 1570. The number of hydrogen-bond donors (Lipinski definition) is 3. The summed E-state index contributed by atoms with van der Waals surface area (Å²) in [7, 11) is 0. The van der Waals surface area contributed by atoms with E-state index >= 15 is 0 Å². The Labute approximate surface area is 301 Å². The van der Waals surface area contributed by atoms with E-state index in [9.17, 15) is 19.5 Å². The van der Waals surface area contributed by atoms with Gasteiger partial charge < -0.3 is 20.6 Å². The zero-order valence-corrected chi connectivity index (χ0v) is 31.2. The van der Waals surface area contributed by atoms with Gasteiger partial charge in [-0.2, -0.15) is 0 Å². The van der Waals surface area contributed by atoms with Crippen molar-refractivity contribution in [1.82, 2.24) is 20.6 Å². The van der Waals surface area contributed by atoms with Gasteiger partial charge in [-0.3, -0.25) is 14.4 Å². The molecule has 9 nitrogen and oxygen atoms in total. The number of aromatic nitrogens is 2. The van der Waals surface area contributed by atoms with Gasteiger partial charge in [-0.05, 0) is 73.5 Å². The Balaban J connectivity index is 1.19. The predicted molar refractivity (Wildman–Crippen MR) is 201 cm³/mol. The van der Waals surface area contributed by atoms with Crippen molar-refractivity contribution in [1.29, 1.82) is 0 Å². The van der Waals surface area contributed by atoms with Crippen molar-refractivity contribution < 1.29 is 19.5 Å². The second-order valence-electron chi connectivity index (χ2n) is 15.5. The van der Waals surface area contributed by atoms with Gasteiger partial charge in [0.15, 0.2) is 5.82 Å². The van der Waals surface area contributed by atoms with E-state index in [1.807, 2.05) is 42.7 Å². The Kier molecular flexibility index (Phi) is 12.7. The predicted octanol–water partition coefficient (Wildman–Crippen LogP) is 7.65. The largest absolute Gasteiger partial charge is 0.481 e. The lowest BCUT2D eigenvalue weighted by atomic mass is 9.72. The van der Waals surface area contributed by atoms with Crippen molar-refractivity contribution >= 4 is 34.8 Å². The maximum absolute atomic E-state index is 13.3. The van der Waals surface area contributed by atoms with Gasteiger partial charge in [0.1, 0.15) is 6.04 Å². The van der Waals surface area contributed by atoms with Gasteiger partial charge in [0.05, 0.1) is 29.4 Å². The lowest BCUT2D eigenvalue weighted by Crippen LogP contribution is -2.50. The Hall–Kier alpha value is -3.79. The smallest absolute Gasteiger partial charge is 0.305 e. The summed E-state index contributed by atoms with van der Waals surface area (Å²) in [5.41, 5.74) is 2.69. The molecule has 1 aromatic carbocycles. The summed E-state index contributed by atoms with van der Waals surface area (Å²) in [6.45, 7) is 12.3. The standard InChI is InChI=1S/C40H55N5O4S/c1-6-7-27-8-12-29(13-9-27)30-18-20-45(21-19-30)32-24-41-37(42-25-32)31-14-10-28(11-15-31)23-33(38(48)43-26(2)22-36(46)47)44-39(49)34-16-17-35(50-34)40(3,4)5/h10-11,14-17,24-27,29-30,33H,6-9,12-13,18-23H2,1-5H3,(H,43,48)(H,44,49)(H,46,47)/t26-,27-,29-,33+/m1/s1. The molecule has 1 saturated carbocycles. The van der Waals surface area contributed by atoms with Crippen LogP contribution < -0.4 is 15.5 Å². The molecular formula is C40H55N5O4S. The van der Waals surface area contributed by atoms with Crippen LogP contribution in [0.15, 0.2) is 48.8 Å². The Morgan fingerprint density at radius 1 is 0.920 bits per heavy atom. The molecule has 10 heteroatoms. The molecule has 2 aliphatic rings. The van der Waals surface area contributed by atoms with Crippen LogP contribution in [0.2, 0.25) is 0 Å². The number of nitrogens with zero attached hydrogens (tertiary/aromatic N) is 3. The first-order valence-corrected chi connectivity index (χ1v) is 19.3. The SMILES string of the molecule is CCC[C@H]1CC[C@H](C2CCN(c3cnc(-c4ccc(C[C@H](NC(=O)c5ccc(C(C)(C)C)s5)C(=O)N[C@H](C)CC(=O)O)cc4)nc3)CC2)CC1. The third-order valence-electron chi connectivity index (χ3n) is 10.5. The zero-order valence-electron chi connectivity index (χ0n) is 30.4. The monoisotopic (exact) mass is 701 g/mol. The highest BCUT2D eigenvalue weighted by Crippen LogP contribution is 2.39. The summed E-state index contributed by atoms with van der Waals surface area (Å²) in [6, 6.07) is 9.96. The van der Waals surface area contributed by atoms with Gasteiger partial charge in [0.2, 0.25) is 5.91 Å². The van der Waals surface area contributed by atoms with E-state index < -0.39 is 24.0 Å². The van der Waals surface area contributed by atoms with E-state index in [1.165, 1.54) is 62.7 Å². The molecule has 1 aliphatic heterocycles. The van der Waals surface area contributed by atoms with Crippen molar-refractivity contribution in [2.24, 2.45) is 17.8 Å². The second-order valence-corrected chi connectivity index (χ2v) is 16.6. The van der Waals surface area contributed by atoms with Gasteiger partial charge in [-0.1, -0.05) is 77.6 Å². The highest BCUT2D eigenvalue weighted by molar-refractivity contribution is 7.14. The van der Waals surface area contributed by atoms with Crippen molar-refractivity contribution in [3.63, 3.8) is 0 Å². The fourth-order valence-electron chi connectivity index (χ4n) is 7.60. The second kappa shape index (κ2) is 16.9. The van der Waals surface area contributed by atoms with E-state index in [1.54, 1.807) is 13.0 Å². The Morgan fingerprint density at radius 3 is 2.14 bits per heavy atom. The summed E-state index contributed by atoms with van der Waals surface area (Å²) >= 11 is 1.41. The number of thiophene rings is 1. The lowest BCUT2D eigenvalue weighted by Gasteiger charge is -2.39. The quantitative estimate of drug-likeness (QED) is 0.167. The molecule has 3 aromatic rings. The molecule has 3 N–H and O–H groups in total. The topological polar surface area (TPSA) is 125 Å². The molecule has 0 spiro atoms. The van der Waals surface area contributed by atoms with Crippen LogP contribution in [0, 0.1) is 17.8 Å². The van der Waals surface area contributed by atoms with Gasteiger partial charge in [-0.15, -0.1) is 11.3 Å². The van der Waals surface area contributed by atoms with Gasteiger partial charge in [0.25, 0.3) is 5.91 Å². The number of carbonyl (C=O) groups is 3. The lowest BCUT2D eigenvalue weighted by molar-refractivity contribution is -0.137. The van der Waals surface area contributed by atoms with E-state index in [0.29, 0.717) is 10.7 Å². The van der Waals surface area contributed by atoms with E-state index in [2.05, 4.69) is 43.2 Å². The fourth-order valence-corrected chi connectivity index (χ4v) is 8.57. The summed E-state index contributed by atoms with van der Waals surface area (Å²) < 4.78 is 0. The molecule has 2 atom stereocenters. The summed E-state index contributed by atoms with van der Waals surface area (Å²) in [5, 5.41) is 14.8. The molecule has 3 heterocycles. The molecule has 1 saturated heterocycles. The number of hydrogen-bond acceptors (Lipinski definition) is 7. The average molecular weight is 702 g/mol. The van der Waals surface area contributed by atoms with Crippen molar-refractivity contribution in [3.8, 4) is 11.4 Å². The normalized spacial score (nSPS) is 19.8. The molecule has 0 unspecified atom stereocenters. The number of rotatable bonds is 13. The van der Waals surface area contributed by atoms with Gasteiger partial charge in [-0.25, -0.2) is 9.97 Å². The molecule has 50 heavy (non-hydrogen) atoms. The minimum absolute atomic E-state index is 0.0954. The van der Waals surface area contributed by atoms with Crippen LogP contribution in [-0.2, 0) is 21.4 Å². The number of piperidine rings is 1. The summed E-state index contributed by atoms with van der Waals surface area (Å²) in [4.78, 5) is 51.2. The maximum atomic E-state index is 13.3. The number of carbonyl (C=O) groups excluding carboxylic acids is 2. The third kappa shape index (κ3) is 10.1. The van der Waals surface area contributed by atoms with Crippen LogP contribution in [-0.4, -0.2) is 58.0 Å². The van der Waals surface area contributed by atoms with Crippen LogP contribution in [0.1, 0.15) is 113 Å². The summed E-state index contributed by atoms with van der Waals surface area (Å²) in [5.74, 6) is 1.58. The molecule has 0 bridgehead atoms. The maximum Gasteiger partial charge on any atom is 0.305 e. The van der Waals surface area contributed by atoms with Crippen molar-refractivity contribution in [2.45, 2.75) is 116 Å². The number of amides is 2. The summed E-state index contributed by atoms with van der Waals surface area (Å²) in [6.07, 6.45) is 14.8. The van der Waals surface area contributed by atoms with Crippen LogP contribution in [0.25, 0.3) is 11.4 Å². The molecule has 1 aliphatic carbocycles. The average Bonchev–Trinajstić information content (AvgIpc) is 3.61. The number of benzene rings is 1. The molecule has 2 amide bonds. The third-order valence-corrected chi connectivity index (χ3v) is 12.0. The first kappa shape index (κ1) is 37.5. The number of aliphatic carboxylic acids is 1. The number of carboxylic acids is 1. The van der Waals surface area contributed by atoms with E-state index in [4.69, 9.17) is 9.97 Å². The first-order valence-electron chi connectivity index (χ1n) is 18.5. The van der Waals surface area contributed by atoms with Gasteiger partial charge in [0, 0.05) is 36.0 Å². The van der Waals surface area contributed by atoms with Gasteiger partial charge >= 0.3 is 5.97 Å². The number of anilines is 1.